The number of ether oxygens (including phenoxy) is 1. The first kappa shape index (κ1) is 17.0. The SMILES string of the molecule is Cl.O=S(=O)(c1cc(Br)cc2c1OCC2)N1CCCNCC1. The smallest absolute Gasteiger partial charge is 0.246 e. The lowest BCUT2D eigenvalue weighted by Crippen LogP contribution is -2.34. The van der Waals surface area contributed by atoms with Crippen LogP contribution in [-0.2, 0) is 16.4 Å². The predicted molar refractivity (Wildman–Crippen MR) is 86.8 cm³/mol. The fraction of sp³-hybridized carbons (Fsp3) is 0.538. The van der Waals surface area contributed by atoms with Crippen molar-refractivity contribution >= 4 is 38.4 Å². The van der Waals surface area contributed by atoms with Gasteiger partial charge in [-0.2, -0.15) is 4.31 Å². The van der Waals surface area contributed by atoms with Gasteiger partial charge in [0.05, 0.1) is 6.61 Å². The zero-order valence-electron chi connectivity index (χ0n) is 11.5. The topological polar surface area (TPSA) is 58.6 Å². The van der Waals surface area contributed by atoms with Gasteiger partial charge in [-0.05, 0) is 25.1 Å². The number of benzene rings is 1. The third-order valence-electron chi connectivity index (χ3n) is 3.63. The Kier molecular flexibility index (Phi) is 5.54. The van der Waals surface area contributed by atoms with E-state index in [0.717, 1.165) is 29.4 Å². The van der Waals surface area contributed by atoms with Crippen molar-refractivity contribution in [2.24, 2.45) is 0 Å². The molecule has 2 aliphatic rings. The number of rotatable bonds is 2. The highest BCUT2D eigenvalue weighted by atomic mass is 79.9. The average Bonchev–Trinajstić information content (AvgIpc) is 2.70. The first-order valence-corrected chi connectivity index (χ1v) is 8.98. The highest BCUT2D eigenvalue weighted by molar-refractivity contribution is 9.10. The van der Waals surface area contributed by atoms with Crippen LogP contribution in [0.1, 0.15) is 12.0 Å². The van der Waals surface area contributed by atoms with E-state index >= 15 is 0 Å². The first-order chi connectivity index (χ1) is 9.59. The summed E-state index contributed by atoms with van der Waals surface area (Å²) in [5, 5.41) is 3.22. The summed E-state index contributed by atoms with van der Waals surface area (Å²) in [6.45, 7) is 3.16. The monoisotopic (exact) mass is 396 g/mol. The van der Waals surface area contributed by atoms with E-state index in [4.69, 9.17) is 4.74 Å². The summed E-state index contributed by atoms with van der Waals surface area (Å²) in [7, 11) is -3.49. The molecule has 1 aromatic rings. The van der Waals surface area contributed by atoms with Crippen LogP contribution in [0.15, 0.2) is 21.5 Å². The van der Waals surface area contributed by atoms with Gasteiger partial charge in [0.15, 0.2) is 0 Å². The second-order valence-electron chi connectivity index (χ2n) is 5.00. The minimum absolute atomic E-state index is 0. The number of sulfonamides is 1. The molecular weight excluding hydrogens is 380 g/mol. The largest absolute Gasteiger partial charge is 0.492 e. The lowest BCUT2D eigenvalue weighted by Gasteiger charge is -2.21. The van der Waals surface area contributed by atoms with Gasteiger partial charge in [0.25, 0.3) is 0 Å². The molecule has 21 heavy (non-hydrogen) atoms. The fourth-order valence-electron chi connectivity index (χ4n) is 2.63. The van der Waals surface area contributed by atoms with Gasteiger partial charge in [0.2, 0.25) is 10.0 Å². The van der Waals surface area contributed by atoms with Gasteiger partial charge in [-0.1, -0.05) is 15.9 Å². The van der Waals surface area contributed by atoms with E-state index in [1.54, 1.807) is 10.4 Å². The van der Waals surface area contributed by atoms with Gasteiger partial charge < -0.3 is 10.1 Å². The Hall–Kier alpha value is -0.340. The minimum Gasteiger partial charge on any atom is -0.492 e. The molecule has 1 saturated heterocycles. The second kappa shape index (κ2) is 6.83. The average molecular weight is 398 g/mol. The maximum Gasteiger partial charge on any atom is 0.246 e. The third-order valence-corrected chi connectivity index (χ3v) is 5.99. The molecule has 0 spiro atoms. The third kappa shape index (κ3) is 3.37. The van der Waals surface area contributed by atoms with Gasteiger partial charge in [0.1, 0.15) is 10.6 Å². The lowest BCUT2D eigenvalue weighted by atomic mass is 10.2. The Balaban J connectivity index is 0.00000161. The molecule has 3 rings (SSSR count). The van der Waals surface area contributed by atoms with Gasteiger partial charge in [-0.15, -0.1) is 12.4 Å². The van der Waals surface area contributed by atoms with Crippen LogP contribution in [0.5, 0.6) is 5.75 Å². The molecule has 1 fully saturated rings. The maximum absolute atomic E-state index is 12.8. The van der Waals surface area contributed by atoms with Crippen LogP contribution in [0, 0.1) is 0 Å². The van der Waals surface area contributed by atoms with E-state index in [9.17, 15) is 8.42 Å². The van der Waals surface area contributed by atoms with Crippen molar-refractivity contribution in [1.82, 2.24) is 9.62 Å². The number of fused-ring (bicyclic) bond motifs is 1. The molecule has 5 nitrogen and oxygen atoms in total. The van der Waals surface area contributed by atoms with Crippen molar-refractivity contribution in [2.45, 2.75) is 17.7 Å². The molecular formula is C13H18BrClN2O3S. The van der Waals surface area contributed by atoms with E-state index < -0.39 is 10.0 Å². The second-order valence-corrected chi connectivity index (χ2v) is 7.82. The summed E-state index contributed by atoms with van der Waals surface area (Å²) in [6.07, 6.45) is 1.59. The fourth-order valence-corrected chi connectivity index (χ4v) is 4.96. The first-order valence-electron chi connectivity index (χ1n) is 6.75. The van der Waals surface area contributed by atoms with Crippen LogP contribution in [0.3, 0.4) is 0 Å². The Labute approximate surface area is 139 Å². The Bertz CT molecular complexity index is 616. The number of hydrogen-bond donors (Lipinski definition) is 1. The van der Waals surface area contributed by atoms with Crippen LogP contribution in [0.4, 0.5) is 0 Å². The molecule has 0 bridgehead atoms. The molecule has 8 heteroatoms. The van der Waals surface area contributed by atoms with Gasteiger partial charge >= 0.3 is 0 Å². The lowest BCUT2D eigenvalue weighted by molar-refractivity contribution is 0.346. The Morgan fingerprint density at radius 3 is 2.86 bits per heavy atom. The van der Waals surface area contributed by atoms with Gasteiger partial charge in [0, 0.05) is 36.1 Å². The van der Waals surface area contributed by atoms with Gasteiger partial charge in [-0.25, -0.2) is 8.42 Å². The highest BCUT2D eigenvalue weighted by Crippen LogP contribution is 2.37. The quantitative estimate of drug-likeness (QED) is 0.826. The molecule has 0 unspecified atom stereocenters. The molecule has 0 atom stereocenters. The van der Waals surface area contributed by atoms with Crippen LogP contribution in [-0.4, -0.2) is 45.5 Å². The molecule has 2 heterocycles. The Morgan fingerprint density at radius 2 is 2.05 bits per heavy atom. The van der Waals surface area contributed by atoms with Crippen molar-refractivity contribution in [3.05, 3.63) is 22.2 Å². The van der Waals surface area contributed by atoms with Crippen molar-refractivity contribution < 1.29 is 13.2 Å². The summed E-state index contributed by atoms with van der Waals surface area (Å²) in [6, 6.07) is 3.59. The molecule has 0 aromatic heterocycles. The summed E-state index contributed by atoms with van der Waals surface area (Å²) in [5.74, 6) is 0.533. The van der Waals surface area contributed by atoms with Crippen LogP contribution in [0.2, 0.25) is 0 Å². The molecule has 2 aliphatic heterocycles. The zero-order valence-corrected chi connectivity index (χ0v) is 14.7. The van der Waals surface area contributed by atoms with Crippen LogP contribution < -0.4 is 10.1 Å². The molecule has 118 valence electrons. The van der Waals surface area contributed by atoms with Crippen molar-refractivity contribution in [2.75, 3.05) is 32.8 Å². The molecule has 0 aliphatic carbocycles. The number of nitrogens with one attached hydrogen (secondary N) is 1. The number of hydrogen-bond acceptors (Lipinski definition) is 4. The standard InChI is InChI=1S/C13H17BrN2O3S.ClH/c14-11-8-10-2-7-19-13(10)12(9-11)20(17,18)16-5-1-3-15-4-6-16;/h8-9,15H,1-7H2;1H. The minimum atomic E-state index is -3.49. The summed E-state index contributed by atoms with van der Waals surface area (Å²) >= 11 is 3.40. The van der Waals surface area contributed by atoms with Crippen LogP contribution >= 0.6 is 28.3 Å². The number of halogens is 2. The molecule has 1 N–H and O–H groups in total. The van der Waals surface area contributed by atoms with Gasteiger partial charge in [-0.3, -0.25) is 0 Å². The normalized spacial score (nSPS) is 19.3. The summed E-state index contributed by atoms with van der Waals surface area (Å²) in [5.41, 5.74) is 0.964. The van der Waals surface area contributed by atoms with Crippen LogP contribution in [0.25, 0.3) is 0 Å². The summed E-state index contributed by atoms with van der Waals surface area (Å²) in [4.78, 5) is 0.293. The number of nitrogens with zero attached hydrogens (tertiary/aromatic N) is 1. The van der Waals surface area contributed by atoms with E-state index in [0.29, 0.717) is 36.9 Å². The summed E-state index contributed by atoms with van der Waals surface area (Å²) < 4.78 is 33.6. The van der Waals surface area contributed by atoms with E-state index in [2.05, 4.69) is 21.2 Å². The van der Waals surface area contributed by atoms with E-state index in [-0.39, 0.29) is 12.4 Å². The highest BCUT2D eigenvalue weighted by Gasteiger charge is 2.31. The molecule has 0 saturated carbocycles. The Morgan fingerprint density at radius 1 is 1.24 bits per heavy atom. The van der Waals surface area contributed by atoms with E-state index in [1.165, 1.54) is 0 Å². The van der Waals surface area contributed by atoms with E-state index in [1.807, 2.05) is 6.07 Å². The molecule has 0 radical (unpaired) electrons. The van der Waals surface area contributed by atoms with Crippen molar-refractivity contribution in [3.8, 4) is 5.75 Å². The maximum atomic E-state index is 12.8. The predicted octanol–water partition coefficient (Wildman–Crippen LogP) is 1.79. The molecule has 1 aromatic carbocycles. The van der Waals surface area contributed by atoms with Crippen molar-refractivity contribution in [1.29, 1.82) is 0 Å². The van der Waals surface area contributed by atoms with Crippen molar-refractivity contribution in [3.63, 3.8) is 0 Å². The zero-order chi connectivity index (χ0) is 14.2. The molecule has 0 amide bonds.